The van der Waals surface area contributed by atoms with E-state index in [2.05, 4.69) is 20.9 Å². The van der Waals surface area contributed by atoms with Gasteiger partial charge in [0.15, 0.2) is 15.0 Å². The third kappa shape index (κ3) is 3.62. The van der Waals surface area contributed by atoms with Crippen molar-refractivity contribution >= 4 is 54.3 Å². The van der Waals surface area contributed by atoms with Crippen LogP contribution in [0.1, 0.15) is 0 Å². The number of thioether (sulfide) groups is 1. The molecule has 2 heterocycles. The predicted molar refractivity (Wildman–Crippen MR) is 94.8 cm³/mol. The van der Waals surface area contributed by atoms with Crippen molar-refractivity contribution in [3.8, 4) is 0 Å². The molecule has 0 bridgehead atoms. The number of hydrogen-bond acceptors (Lipinski definition) is 5. The molecule has 23 heavy (non-hydrogen) atoms. The molecule has 0 N–H and O–H groups in total. The first kappa shape index (κ1) is 16.9. The summed E-state index contributed by atoms with van der Waals surface area (Å²) >= 11 is 4.77. The Morgan fingerprint density at radius 1 is 1.48 bits per heavy atom. The number of hydrogen-bond donors (Lipinski definition) is 0. The van der Waals surface area contributed by atoms with Gasteiger partial charge in [0.25, 0.3) is 5.91 Å². The van der Waals surface area contributed by atoms with Gasteiger partial charge >= 0.3 is 0 Å². The number of carbonyl (C=O) groups is 1. The third-order valence-corrected chi connectivity index (χ3v) is 7.34. The summed E-state index contributed by atoms with van der Waals surface area (Å²) in [5.74, 6) is -0.184. The van der Waals surface area contributed by atoms with Gasteiger partial charge in [-0.25, -0.2) is 8.42 Å². The zero-order chi connectivity index (χ0) is 16.6. The summed E-state index contributed by atoms with van der Waals surface area (Å²) in [4.78, 5) is 17.8. The van der Waals surface area contributed by atoms with Crippen LogP contribution in [0.5, 0.6) is 0 Å². The van der Waals surface area contributed by atoms with E-state index in [-0.39, 0.29) is 35.3 Å². The van der Waals surface area contributed by atoms with Gasteiger partial charge in [-0.1, -0.05) is 33.8 Å². The lowest BCUT2D eigenvalue weighted by Gasteiger charge is -2.24. The summed E-state index contributed by atoms with van der Waals surface area (Å²) in [6.45, 7) is -0.0932. The van der Waals surface area contributed by atoms with Crippen LogP contribution in [0.25, 0.3) is 0 Å². The van der Waals surface area contributed by atoms with Gasteiger partial charge in [-0.2, -0.15) is 4.99 Å². The van der Waals surface area contributed by atoms with Crippen LogP contribution in [0.4, 0.5) is 5.69 Å². The first-order valence-electron chi connectivity index (χ1n) is 6.92. The molecule has 2 fully saturated rings. The van der Waals surface area contributed by atoms with E-state index in [0.29, 0.717) is 5.17 Å². The quantitative estimate of drug-likeness (QED) is 0.743. The van der Waals surface area contributed by atoms with Crippen LogP contribution in [0.15, 0.2) is 33.7 Å². The Balaban J connectivity index is 1.99. The largest absolute Gasteiger partial charge is 0.375 e. The molecular weight excluding hydrogens is 404 g/mol. The fourth-order valence-electron chi connectivity index (χ4n) is 2.75. The highest BCUT2D eigenvalue weighted by atomic mass is 79.9. The average Bonchev–Trinajstić information content (AvgIpc) is 2.89. The van der Waals surface area contributed by atoms with E-state index >= 15 is 0 Å². The highest BCUT2D eigenvalue weighted by Crippen LogP contribution is 2.41. The highest BCUT2D eigenvalue weighted by Gasteiger charge is 2.49. The summed E-state index contributed by atoms with van der Waals surface area (Å²) in [6, 6.07) is 7.34. The Bertz CT molecular complexity index is 766. The van der Waals surface area contributed by atoms with Gasteiger partial charge in [0, 0.05) is 22.5 Å². The lowest BCUT2D eigenvalue weighted by Crippen LogP contribution is -2.37. The second-order valence-corrected chi connectivity index (χ2v) is 9.65. The zero-order valence-corrected chi connectivity index (χ0v) is 15.5. The molecule has 1 aromatic rings. The van der Waals surface area contributed by atoms with Crippen molar-refractivity contribution in [2.75, 3.05) is 30.1 Å². The predicted octanol–water partition coefficient (Wildman–Crippen LogP) is 1.70. The Labute approximate surface area is 147 Å². The maximum Gasteiger partial charge on any atom is 0.274 e. The van der Waals surface area contributed by atoms with Gasteiger partial charge in [0.05, 0.1) is 17.5 Å². The fraction of sp³-hybridized carbons (Fsp3) is 0.429. The Morgan fingerprint density at radius 2 is 2.26 bits per heavy atom. The van der Waals surface area contributed by atoms with E-state index in [1.165, 1.54) is 18.9 Å². The Morgan fingerprint density at radius 3 is 2.96 bits per heavy atom. The molecule has 6 nitrogen and oxygen atoms in total. The molecule has 9 heteroatoms. The number of rotatable bonds is 3. The van der Waals surface area contributed by atoms with Crippen molar-refractivity contribution < 1.29 is 17.9 Å². The van der Waals surface area contributed by atoms with Crippen LogP contribution < -0.4 is 4.90 Å². The number of nitrogens with zero attached hydrogens (tertiary/aromatic N) is 2. The zero-order valence-electron chi connectivity index (χ0n) is 12.3. The Hall–Kier alpha value is -0.900. The number of carbonyl (C=O) groups excluding carboxylic acids is 1. The molecule has 1 aromatic carbocycles. The van der Waals surface area contributed by atoms with Crippen molar-refractivity contribution in [3.63, 3.8) is 0 Å². The second-order valence-electron chi connectivity index (χ2n) is 5.37. The molecular formula is C14H15BrN2O4S2. The van der Waals surface area contributed by atoms with Gasteiger partial charge in [0.1, 0.15) is 6.61 Å². The van der Waals surface area contributed by atoms with Crippen LogP contribution in [-0.4, -0.2) is 56.0 Å². The molecule has 3 rings (SSSR count). The number of ether oxygens (including phenoxy) is 1. The van der Waals surface area contributed by atoms with E-state index in [1.807, 2.05) is 29.2 Å². The van der Waals surface area contributed by atoms with Gasteiger partial charge in [-0.3, -0.25) is 4.79 Å². The van der Waals surface area contributed by atoms with Crippen molar-refractivity contribution in [3.05, 3.63) is 28.7 Å². The molecule has 0 aromatic heterocycles. The minimum Gasteiger partial charge on any atom is -0.375 e. The first-order valence-corrected chi connectivity index (χ1v) is 10.4. The topological polar surface area (TPSA) is 76.0 Å². The molecule has 2 atom stereocenters. The van der Waals surface area contributed by atoms with Crippen LogP contribution in [0.2, 0.25) is 0 Å². The van der Waals surface area contributed by atoms with E-state index in [0.717, 1.165) is 10.2 Å². The highest BCUT2D eigenvalue weighted by molar-refractivity contribution is 9.10. The number of fused-ring (bicyclic) bond motifs is 1. The lowest BCUT2D eigenvalue weighted by molar-refractivity contribution is -0.121. The van der Waals surface area contributed by atoms with Crippen molar-refractivity contribution in [1.82, 2.24) is 0 Å². The number of aliphatic imine (C=N–C) groups is 1. The molecule has 0 radical (unpaired) electrons. The van der Waals surface area contributed by atoms with E-state index in [1.54, 1.807) is 0 Å². The van der Waals surface area contributed by atoms with Crippen molar-refractivity contribution in [2.45, 2.75) is 11.3 Å². The van der Waals surface area contributed by atoms with Gasteiger partial charge < -0.3 is 9.64 Å². The molecule has 2 aliphatic rings. The maximum atomic E-state index is 11.9. The Kier molecular flexibility index (Phi) is 4.82. The third-order valence-electron chi connectivity index (χ3n) is 3.64. The summed E-state index contributed by atoms with van der Waals surface area (Å²) in [7, 11) is -1.62. The van der Waals surface area contributed by atoms with Crippen LogP contribution in [0, 0.1) is 0 Å². The lowest BCUT2D eigenvalue weighted by atomic mass is 10.2. The maximum absolute atomic E-state index is 11.9. The van der Waals surface area contributed by atoms with E-state index < -0.39 is 9.84 Å². The number of halogens is 1. The van der Waals surface area contributed by atoms with Crippen LogP contribution >= 0.6 is 27.7 Å². The monoisotopic (exact) mass is 418 g/mol. The molecule has 2 aliphatic heterocycles. The molecule has 2 unspecified atom stereocenters. The number of amides is 1. The first-order chi connectivity index (χ1) is 10.9. The van der Waals surface area contributed by atoms with Crippen molar-refractivity contribution in [2.24, 2.45) is 4.99 Å². The van der Waals surface area contributed by atoms with Gasteiger partial charge in [-0.05, 0) is 18.2 Å². The fourth-order valence-corrected chi connectivity index (χ4v) is 7.07. The van der Waals surface area contributed by atoms with Crippen molar-refractivity contribution in [1.29, 1.82) is 0 Å². The second kappa shape index (κ2) is 6.54. The average molecular weight is 419 g/mol. The summed E-state index contributed by atoms with van der Waals surface area (Å²) in [5, 5.41) is 0.433. The smallest absolute Gasteiger partial charge is 0.274 e. The molecule has 0 saturated carbocycles. The number of benzene rings is 1. The van der Waals surface area contributed by atoms with Crippen LogP contribution in [0.3, 0.4) is 0 Å². The minimum atomic E-state index is -3.06. The van der Waals surface area contributed by atoms with Gasteiger partial charge in [0.2, 0.25) is 0 Å². The molecule has 1 amide bonds. The number of methoxy groups -OCH3 is 1. The summed E-state index contributed by atoms with van der Waals surface area (Å²) < 4.78 is 29.6. The molecule has 2 saturated heterocycles. The summed E-state index contributed by atoms with van der Waals surface area (Å²) in [5.41, 5.74) is 0.820. The minimum absolute atomic E-state index is 0.0780. The molecule has 124 valence electrons. The number of anilines is 1. The van der Waals surface area contributed by atoms with Crippen LogP contribution in [-0.2, 0) is 19.4 Å². The van der Waals surface area contributed by atoms with E-state index in [4.69, 9.17) is 4.74 Å². The summed E-state index contributed by atoms with van der Waals surface area (Å²) in [6.07, 6.45) is 0. The SMILES string of the molecule is COCC(=O)N=C1SC2CS(=O)(=O)CC2N1c1cccc(Br)c1. The molecule has 0 spiro atoms. The van der Waals surface area contributed by atoms with Gasteiger partial charge in [-0.15, -0.1) is 0 Å². The number of sulfone groups is 1. The van der Waals surface area contributed by atoms with E-state index in [9.17, 15) is 13.2 Å². The normalized spacial score (nSPS) is 27.4. The standard InChI is InChI=1S/C14H15BrN2O4S2/c1-21-6-13(18)16-14-17(10-4-2-3-9(15)5-10)11-7-23(19,20)8-12(11)22-14/h2-5,11-12H,6-8H2,1H3. The number of amidine groups is 1. The molecule has 0 aliphatic carbocycles.